The van der Waals surface area contributed by atoms with Crippen LogP contribution < -0.4 is 9.44 Å². The Bertz CT molecular complexity index is 1040. The van der Waals surface area contributed by atoms with E-state index in [0.29, 0.717) is 33.8 Å². The molecule has 0 aromatic heterocycles. The molecule has 4 aliphatic rings. The van der Waals surface area contributed by atoms with Crippen molar-refractivity contribution in [3.05, 3.63) is 35.4 Å². The highest BCUT2D eigenvalue weighted by Gasteiger charge is 2.56. The Kier molecular flexibility index (Phi) is 6.32. The minimum Gasteiger partial charge on any atom is -0.213 e. The summed E-state index contributed by atoms with van der Waals surface area (Å²) in [6.45, 7) is 7.06. The maximum atomic E-state index is 13.2. The normalized spacial score (nSPS) is 32.4. The van der Waals surface area contributed by atoms with Crippen LogP contribution >= 0.6 is 0 Å². The molecule has 8 heteroatoms. The maximum absolute atomic E-state index is 13.2. The van der Waals surface area contributed by atoms with Gasteiger partial charge in [0.25, 0.3) is 0 Å². The Labute approximate surface area is 194 Å². The summed E-state index contributed by atoms with van der Waals surface area (Å²) in [6.07, 6.45) is 8.21. The third-order valence-electron chi connectivity index (χ3n) is 7.61. The van der Waals surface area contributed by atoms with Gasteiger partial charge in [-0.05, 0) is 78.2 Å². The average Bonchev–Trinajstić information content (AvgIpc) is 2.60. The van der Waals surface area contributed by atoms with Crippen LogP contribution in [0.1, 0.15) is 70.4 Å². The Hall–Kier alpha value is -0.960. The van der Waals surface area contributed by atoms with Gasteiger partial charge in [-0.25, -0.2) is 26.3 Å². The van der Waals surface area contributed by atoms with Gasteiger partial charge in [-0.1, -0.05) is 45.0 Å². The number of benzene rings is 1. The van der Waals surface area contributed by atoms with Crippen molar-refractivity contribution in [2.45, 2.75) is 77.6 Å². The fourth-order valence-corrected chi connectivity index (χ4v) is 9.25. The van der Waals surface area contributed by atoms with E-state index in [-0.39, 0.29) is 18.3 Å². The molecule has 0 heterocycles. The fourth-order valence-electron chi connectivity index (χ4n) is 7.26. The predicted octanol–water partition coefficient (Wildman–Crippen LogP) is 3.79. The molecule has 0 aliphatic heterocycles. The molecule has 180 valence electrons. The van der Waals surface area contributed by atoms with Gasteiger partial charge in [0.05, 0.1) is 12.0 Å². The van der Waals surface area contributed by atoms with E-state index in [0.717, 1.165) is 37.9 Å². The van der Waals surface area contributed by atoms with Gasteiger partial charge in [0.15, 0.2) is 0 Å². The first-order valence-electron chi connectivity index (χ1n) is 11.7. The van der Waals surface area contributed by atoms with E-state index in [1.165, 1.54) is 12.8 Å². The standard InChI is InChI=1S/C24H38N2O4S2/c1-23(2,3)16-24-11-17-9-20(12-24)22(21(10-17)13-24)26-32(29,30)15-19-8-6-5-7-18(19)14-25-31(4,27)28/h5-8,17,20-22,25-26H,9-16H2,1-4H3. The van der Waals surface area contributed by atoms with Crippen molar-refractivity contribution in [1.29, 1.82) is 0 Å². The molecule has 4 saturated carbocycles. The van der Waals surface area contributed by atoms with Gasteiger partial charge in [-0.2, -0.15) is 0 Å². The molecule has 5 rings (SSSR count). The van der Waals surface area contributed by atoms with Crippen molar-refractivity contribution in [2.24, 2.45) is 28.6 Å². The van der Waals surface area contributed by atoms with Gasteiger partial charge in [-0.3, -0.25) is 0 Å². The Morgan fingerprint density at radius 2 is 1.56 bits per heavy atom. The summed E-state index contributed by atoms with van der Waals surface area (Å²) in [7, 11) is -6.89. The molecule has 32 heavy (non-hydrogen) atoms. The summed E-state index contributed by atoms with van der Waals surface area (Å²) in [5.41, 5.74) is 2.02. The topological polar surface area (TPSA) is 92.3 Å². The molecule has 2 unspecified atom stereocenters. The van der Waals surface area contributed by atoms with Crippen LogP contribution in [0.25, 0.3) is 0 Å². The number of nitrogens with one attached hydrogen (secondary N) is 2. The quantitative estimate of drug-likeness (QED) is 0.590. The van der Waals surface area contributed by atoms with Crippen LogP contribution in [0.5, 0.6) is 0 Å². The lowest BCUT2D eigenvalue weighted by Gasteiger charge is -2.61. The van der Waals surface area contributed by atoms with Gasteiger partial charge < -0.3 is 0 Å². The minimum absolute atomic E-state index is 0.0333. The summed E-state index contributed by atoms with van der Waals surface area (Å²) in [6, 6.07) is 7.19. The molecule has 2 N–H and O–H groups in total. The van der Waals surface area contributed by atoms with Crippen LogP contribution in [0, 0.1) is 28.6 Å². The van der Waals surface area contributed by atoms with Crippen molar-refractivity contribution >= 4 is 20.0 Å². The molecule has 4 fully saturated rings. The Morgan fingerprint density at radius 1 is 0.969 bits per heavy atom. The van der Waals surface area contributed by atoms with E-state index >= 15 is 0 Å². The molecular formula is C24H38N2O4S2. The lowest BCUT2D eigenvalue weighted by Crippen LogP contribution is -2.59. The first-order valence-corrected chi connectivity index (χ1v) is 15.3. The smallest absolute Gasteiger partial charge is 0.213 e. The number of hydrogen-bond acceptors (Lipinski definition) is 4. The third-order valence-corrected chi connectivity index (χ3v) is 9.60. The second kappa shape index (κ2) is 8.36. The molecule has 6 nitrogen and oxygen atoms in total. The highest BCUT2D eigenvalue weighted by Crippen LogP contribution is 2.63. The summed E-state index contributed by atoms with van der Waals surface area (Å²) in [5.74, 6) is 1.49. The second-order valence-electron chi connectivity index (χ2n) is 12.0. The summed E-state index contributed by atoms with van der Waals surface area (Å²) in [5, 5.41) is 0. The molecule has 0 radical (unpaired) electrons. The van der Waals surface area contributed by atoms with Crippen molar-refractivity contribution < 1.29 is 16.8 Å². The van der Waals surface area contributed by atoms with Gasteiger partial charge in [0.2, 0.25) is 20.0 Å². The van der Waals surface area contributed by atoms with Crippen molar-refractivity contribution in [1.82, 2.24) is 9.44 Å². The van der Waals surface area contributed by atoms with E-state index in [2.05, 4.69) is 30.2 Å². The molecule has 2 atom stereocenters. The number of hydrogen-bond donors (Lipinski definition) is 2. The second-order valence-corrected chi connectivity index (χ2v) is 15.6. The lowest BCUT2D eigenvalue weighted by molar-refractivity contribution is -0.0881. The average molecular weight is 483 g/mol. The highest BCUT2D eigenvalue weighted by molar-refractivity contribution is 7.89. The molecule has 4 bridgehead atoms. The van der Waals surface area contributed by atoms with E-state index in [1.54, 1.807) is 24.3 Å². The Morgan fingerprint density at radius 3 is 2.12 bits per heavy atom. The predicted molar refractivity (Wildman–Crippen MR) is 128 cm³/mol. The lowest BCUT2D eigenvalue weighted by atomic mass is 9.46. The van der Waals surface area contributed by atoms with E-state index in [1.807, 2.05) is 0 Å². The molecule has 1 aromatic carbocycles. The zero-order valence-electron chi connectivity index (χ0n) is 19.7. The highest BCUT2D eigenvalue weighted by atomic mass is 32.2. The molecule has 0 saturated heterocycles. The Balaban J connectivity index is 1.47. The van der Waals surface area contributed by atoms with Crippen molar-refractivity contribution in [3.8, 4) is 0 Å². The monoisotopic (exact) mass is 482 g/mol. The van der Waals surface area contributed by atoms with Crippen LogP contribution in [0.4, 0.5) is 0 Å². The molecule has 4 aliphatic carbocycles. The summed E-state index contributed by atoms with van der Waals surface area (Å²) in [4.78, 5) is 0. The van der Waals surface area contributed by atoms with Gasteiger partial charge in [-0.15, -0.1) is 0 Å². The molecular weight excluding hydrogens is 444 g/mol. The largest absolute Gasteiger partial charge is 0.216 e. The van der Waals surface area contributed by atoms with Crippen molar-refractivity contribution in [2.75, 3.05) is 6.26 Å². The van der Waals surface area contributed by atoms with Gasteiger partial charge >= 0.3 is 0 Å². The van der Waals surface area contributed by atoms with Crippen LogP contribution in [-0.2, 0) is 32.3 Å². The van der Waals surface area contributed by atoms with Crippen LogP contribution in [0.2, 0.25) is 0 Å². The molecule has 0 spiro atoms. The first kappa shape index (κ1) is 24.2. The fraction of sp³-hybridized carbons (Fsp3) is 0.750. The zero-order chi connectivity index (χ0) is 23.4. The van der Waals surface area contributed by atoms with Crippen LogP contribution in [0.15, 0.2) is 24.3 Å². The molecule has 1 aromatic rings. The van der Waals surface area contributed by atoms with E-state index in [9.17, 15) is 16.8 Å². The van der Waals surface area contributed by atoms with E-state index < -0.39 is 20.0 Å². The minimum atomic E-state index is -3.54. The number of sulfonamides is 2. The SMILES string of the molecule is CC(C)(C)CC12CC3CC(C1)C(NS(=O)(=O)Cc1ccccc1CNS(C)(=O)=O)C(C3)C2. The van der Waals surface area contributed by atoms with Gasteiger partial charge in [0.1, 0.15) is 0 Å². The first-order chi connectivity index (χ1) is 14.7. The van der Waals surface area contributed by atoms with Crippen LogP contribution in [0.3, 0.4) is 0 Å². The zero-order valence-corrected chi connectivity index (χ0v) is 21.4. The molecule has 0 amide bonds. The maximum Gasteiger partial charge on any atom is 0.216 e. The summed E-state index contributed by atoms with van der Waals surface area (Å²) < 4.78 is 54.9. The van der Waals surface area contributed by atoms with Crippen molar-refractivity contribution in [3.63, 3.8) is 0 Å². The van der Waals surface area contributed by atoms with Gasteiger partial charge in [0, 0.05) is 12.6 Å². The third kappa shape index (κ3) is 5.75. The number of rotatable bonds is 8. The van der Waals surface area contributed by atoms with E-state index in [4.69, 9.17) is 0 Å². The van der Waals surface area contributed by atoms with Crippen LogP contribution in [-0.4, -0.2) is 29.1 Å². The summed E-state index contributed by atoms with van der Waals surface area (Å²) >= 11 is 0.